The normalized spacial score (nSPS) is 25.0. The molecule has 1 saturated carbocycles. The van der Waals surface area contributed by atoms with E-state index >= 15 is 0 Å². The molecule has 16 heavy (non-hydrogen) atoms. The molecule has 1 heteroatoms. The molecule has 0 atom stereocenters. The molecule has 1 rings (SSSR count). The van der Waals surface area contributed by atoms with Crippen LogP contribution in [0.2, 0.25) is 0 Å². The Kier molecular flexibility index (Phi) is 5.60. The highest BCUT2D eigenvalue weighted by Gasteiger charge is 2.26. The van der Waals surface area contributed by atoms with Crippen LogP contribution in [-0.2, 0) is 4.79 Å². The van der Waals surface area contributed by atoms with Crippen molar-refractivity contribution in [3.05, 3.63) is 0 Å². The third-order valence-electron chi connectivity index (χ3n) is 3.84. The highest BCUT2D eigenvalue weighted by Crippen LogP contribution is 2.34. The maximum Gasteiger partial charge on any atom is 0.136 e. The Morgan fingerprint density at radius 1 is 1.25 bits per heavy atom. The van der Waals surface area contributed by atoms with E-state index in [0.29, 0.717) is 18.1 Å². The van der Waals surface area contributed by atoms with Crippen molar-refractivity contribution in [1.82, 2.24) is 0 Å². The van der Waals surface area contributed by atoms with Gasteiger partial charge in [0.15, 0.2) is 0 Å². The molecule has 0 radical (unpaired) electrons. The van der Waals surface area contributed by atoms with Crippen LogP contribution in [0.1, 0.15) is 59.3 Å². The Hall–Kier alpha value is -0.770. The molecule has 1 fully saturated rings. The van der Waals surface area contributed by atoms with Crippen molar-refractivity contribution in [1.29, 1.82) is 0 Å². The largest absolute Gasteiger partial charge is 0.299 e. The lowest BCUT2D eigenvalue weighted by Crippen LogP contribution is -2.24. The summed E-state index contributed by atoms with van der Waals surface area (Å²) in [4.78, 5) is 11.9. The fourth-order valence-corrected chi connectivity index (χ4v) is 2.62. The van der Waals surface area contributed by atoms with Gasteiger partial charge in [-0.3, -0.25) is 4.79 Å². The average Bonchev–Trinajstić information content (AvgIpc) is 2.29. The highest BCUT2D eigenvalue weighted by atomic mass is 16.1. The summed E-state index contributed by atoms with van der Waals surface area (Å²) in [5, 5.41) is 0. The van der Waals surface area contributed by atoms with Crippen LogP contribution in [0.15, 0.2) is 0 Å². The van der Waals surface area contributed by atoms with Gasteiger partial charge in [-0.25, -0.2) is 0 Å². The summed E-state index contributed by atoms with van der Waals surface area (Å²) in [5.74, 6) is 8.24. The highest BCUT2D eigenvalue weighted by molar-refractivity contribution is 5.81. The van der Waals surface area contributed by atoms with Crippen LogP contribution in [0.4, 0.5) is 0 Å². The van der Waals surface area contributed by atoms with Crippen molar-refractivity contribution < 1.29 is 4.79 Å². The lowest BCUT2D eigenvalue weighted by molar-refractivity contribution is -0.124. The van der Waals surface area contributed by atoms with Gasteiger partial charge >= 0.3 is 0 Å². The summed E-state index contributed by atoms with van der Waals surface area (Å²) in [7, 11) is 0. The number of hydrogen-bond acceptors (Lipinski definition) is 1. The molecule has 0 N–H and O–H groups in total. The predicted molar refractivity (Wildman–Crippen MR) is 68.0 cm³/mol. The van der Waals surface area contributed by atoms with Crippen molar-refractivity contribution in [2.75, 3.05) is 0 Å². The molecule has 1 aliphatic rings. The standard InChI is InChI=1S/C15H24O/c1-4-5-6-7-15(16)14-10-8-13(9-11-14)12(2)3/h12-14H,6-11H2,1-3H3. The minimum atomic E-state index is 0.341. The molecule has 0 saturated heterocycles. The van der Waals surface area contributed by atoms with Gasteiger partial charge in [0.05, 0.1) is 0 Å². The minimum Gasteiger partial charge on any atom is -0.299 e. The smallest absolute Gasteiger partial charge is 0.136 e. The maximum absolute atomic E-state index is 11.9. The Labute approximate surface area is 100 Å². The summed E-state index contributed by atoms with van der Waals surface area (Å²) >= 11 is 0. The summed E-state index contributed by atoms with van der Waals surface area (Å²) in [6.45, 7) is 6.42. The van der Waals surface area contributed by atoms with Crippen LogP contribution in [0.25, 0.3) is 0 Å². The maximum atomic E-state index is 11.9. The molecule has 1 aliphatic carbocycles. The van der Waals surface area contributed by atoms with E-state index in [2.05, 4.69) is 25.7 Å². The Morgan fingerprint density at radius 2 is 1.88 bits per heavy atom. The molecule has 0 bridgehead atoms. The first-order chi connectivity index (χ1) is 7.65. The van der Waals surface area contributed by atoms with Gasteiger partial charge in [0.1, 0.15) is 5.78 Å². The lowest BCUT2D eigenvalue weighted by atomic mass is 9.75. The van der Waals surface area contributed by atoms with Crippen LogP contribution in [0.5, 0.6) is 0 Å². The van der Waals surface area contributed by atoms with Crippen molar-refractivity contribution in [2.45, 2.75) is 59.3 Å². The van der Waals surface area contributed by atoms with Gasteiger partial charge in [-0.1, -0.05) is 13.8 Å². The van der Waals surface area contributed by atoms with E-state index < -0.39 is 0 Å². The van der Waals surface area contributed by atoms with Crippen LogP contribution >= 0.6 is 0 Å². The molecule has 0 aromatic rings. The fraction of sp³-hybridized carbons (Fsp3) is 0.800. The van der Waals surface area contributed by atoms with Crippen molar-refractivity contribution in [3.63, 3.8) is 0 Å². The first-order valence-corrected chi connectivity index (χ1v) is 6.57. The number of carbonyl (C=O) groups is 1. The quantitative estimate of drug-likeness (QED) is 0.658. The molecule has 0 aromatic carbocycles. The van der Waals surface area contributed by atoms with Gasteiger partial charge in [0, 0.05) is 18.8 Å². The molecule has 0 heterocycles. The molecular formula is C15H24O. The zero-order valence-corrected chi connectivity index (χ0v) is 10.9. The summed E-state index contributed by atoms with van der Waals surface area (Å²) in [5.41, 5.74) is 0. The van der Waals surface area contributed by atoms with Gasteiger partial charge in [-0.2, -0.15) is 0 Å². The second-order valence-corrected chi connectivity index (χ2v) is 5.25. The van der Waals surface area contributed by atoms with Crippen LogP contribution in [0, 0.1) is 29.6 Å². The Morgan fingerprint density at radius 3 is 2.38 bits per heavy atom. The number of carbonyl (C=O) groups excluding carboxylic acids is 1. The van der Waals surface area contributed by atoms with E-state index in [-0.39, 0.29) is 0 Å². The number of ketones is 1. The first-order valence-electron chi connectivity index (χ1n) is 6.57. The van der Waals surface area contributed by atoms with E-state index in [1.807, 2.05) is 6.92 Å². The van der Waals surface area contributed by atoms with Crippen molar-refractivity contribution in [2.24, 2.45) is 17.8 Å². The second-order valence-electron chi connectivity index (χ2n) is 5.25. The average molecular weight is 220 g/mol. The van der Waals surface area contributed by atoms with Crippen LogP contribution in [-0.4, -0.2) is 5.78 Å². The van der Waals surface area contributed by atoms with Gasteiger partial charge in [-0.15, -0.1) is 11.8 Å². The van der Waals surface area contributed by atoms with Crippen molar-refractivity contribution >= 4 is 5.78 Å². The number of rotatable bonds is 4. The SMILES string of the molecule is CC#CCCC(=O)C1CCC(C(C)C)CC1. The van der Waals surface area contributed by atoms with E-state index in [9.17, 15) is 4.79 Å². The van der Waals surface area contributed by atoms with E-state index in [4.69, 9.17) is 0 Å². The zero-order chi connectivity index (χ0) is 12.0. The van der Waals surface area contributed by atoms with Gasteiger partial charge in [-0.05, 0) is 44.4 Å². The number of Topliss-reactive ketones (excluding diaryl/α,β-unsaturated/α-hetero) is 1. The second kappa shape index (κ2) is 6.74. The molecule has 1 nitrogen and oxygen atoms in total. The monoisotopic (exact) mass is 220 g/mol. The van der Waals surface area contributed by atoms with Crippen molar-refractivity contribution in [3.8, 4) is 11.8 Å². The van der Waals surface area contributed by atoms with E-state index in [1.165, 1.54) is 12.8 Å². The molecule has 0 aromatic heterocycles. The third kappa shape index (κ3) is 4.00. The van der Waals surface area contributed by atoms with Crippen LogP contribution < -0.4 is 0 Å². The minimum absolute atomic E-state index is 0.341. The molecule has 0 unspecified atom stereocenters. The predicted octanol–water partition coefficient (Wildman–Crippen LogP) is 3.82. The van der Waals surface area contributed by atoms with Crippen LogP contribution in [0.3, 0.4) is 0 Å². The van der Waals surface area contributed by atoms with Gasteiger partial charge < -0.3 is 0 Å². The van der Waals surface area contributed by atoms with Gasteiger partial charge in [0.2, 0.25) is 0 Å². The summed E-state index contributed by atoms with van der Waals surface area (Å²) < 4.78 is 0. The summed E-state index contributed by atoms with van der Waals surface area (Å²) in [6, 6.07) is 0. The summed E-state index contributed by atoms with van der Waals surface area (Å²) in [6.07, 6.45) is 6.13. The molecule has 90 valence electrons. The Balaban J connectivity index is 2.29. The molecular weight excluding hydrogens is 196 g/mol. The zero-order valence-electron chi connectivity index (χ0n) is 10.9. The lowest BCUT2D eigenvalue weighted by Gasteiger charge is -2.30. The topological polar surface area (TPSA) is 17.1 Å². The van der Waals surface area contributed by atoms with E-state index in [0.717, 1.165) is 31.1 Å². The molecule has 0 amide bonds. The fourth-order valence-electron chi connectivity index (χ4n) is 2.62. The Bertz CT molecular complexity index is 272. The first kappa shape index (κ1) is 13.3. The molecule has 0 spiro atoms. The third-order valence-corrected chi connectivity index (χ3v) is 3.84. The van der Waals surface area contributed by atoms with E-state index in [1.54, 1.807) is 0 Å². The molecule has 0 aliphatic heterocycles. The number of hydrogen-bond donors (Lipinski definition) is 0. The van der Waals surface area contributed by atoms with Gasteiger partial charge in [0.25, 0.3) is 0 Å².